The number of aromatic nitrogens is 2. The summed E-state index contributed by atoms with van der Waals surface area (Å²) < 4.78 is 12.3. The number of nitrogens with one attached hydrogen (secondary N) is 1. The van der Waals surface area contributed by atoms with Crippen molar-refractivity contribution in [2.45, 2.75) is 38.6 Å². The van der Waals surface area contributed by atoms with Gasteiger partial charge in [-0.25, -0.2) is 4.68 Å². The molecule has 1 saturated heterocycles. The van der Waals surface area contributed by atoms with Crippen LogP contribution in [0.1, 0.15) is 43.1 Å². The SMILES string of the molecule is COc1ccc(-n2nc(-c3cccc(OC)c3)cc2C(=O)NCCCN2CCCCC2C)cc1. The van der Waals surface area contributed by atoms with Crippen molar-refractivity contribution in [3.05, 3.63) is 60.3 Å². The number of piperidine rings is 1. The summed E-state index contributed by atoms with van der Waals surface area (Å²) >= 11 is 0. The van der Waals surface area contributed by atoms with Crippen molar-refractivity contribution < 1.29 is 14.3 Å². The Hall–Kier alpha value is -3.32. The molecule has 0 spiro atoms. The molecule has 7 heteroatoms. The number of likely N-dealkylation sites (tertiary alicyclic amines) is 1. The summed E-state index contributed by atoms with van der Waals surface area (Å²) in [5.74, 6) is 1.36. The lowest BCUT2D eigenvalue weighted by Crippen LogP contribution is -2.39. The third kappa shape index (κ3) is 5.59. The molecule has 0 saturated carbocycles. The standard InChI is InChI=1S/C27H34N4O3/c1-20-8-4-5-16-30(20)17-7-15-28-27(32)26-19-25(21-9-6-10-24(18-21)34-3)29-31(26)22-11-13-23(33-2)14-12-22/h6,9-14,18-20H,4-5,7-8,15-17H2,1-3H3,(H,28,32). The molecule has 3 aromatic rings. The van der Waals surface area contributed by atoms with Crippen molar-refractivity contribution in [3.8, 4) is 28.4 Å². The van der Waals surface area contributed by atoms with Gasteiger partial charge in [0.05, 0.1) is 25.6 Å². The van der Waals surface area contributed by atoms with Gasteiger partial charge < -0.3 is 19.7 Å². The molecule has 1 amide bonds. The Bertz CT molecular complexity index is 1090. The highest BCUT2D eigenvalue weighted by Gasteiger charge is 2.20. The van der Waals surface area contributed by atoms with E-state index in [1.165, 1.54) is 19.3 Å². The summed E-state index contributed by atoms with van der Waals surface area (Å²) in [5.41, 5.74) is 2.89. The largest absolute Gasteiger partial charge is 0.497 e. The maximum absolute atomic E-state index is 13.2. The molecule has 0 bridgehead atoms. The fraction of sp³-hybridized carbons (Fsp3) is 0.407. The number of hydrogen-bond acceptors (Lipinski definition) is 5. The van der Waals surface area contributed by atoms with Crippen LogP contribution in [0.5, 0.6) is 11.5 Å². The summed E-state index contributed by atoms with van der Waals surface area (Å²) in [6.07, 6.45) is 4.78. The Balaban J connectivity index is 1.52. The Morgan fingerprint density at radius 2 is 1.85 bits per heavy atom. The molecule has 34 heavy (non-hydrogen) atoms. The minimum Gasteiger partial charge on any atom is -0.497 e. The van der Waals surface area contributed by atoms with Crippen molar-refractivity contribution in [1.82, 2.24) is 20.0 Å². The molecule has 2 heterocycles. The molecule has 1 fully saturated rings. The second-order valence-electron chi connectivity index (χ2n) is 8.75. The van der Waals surface area contributed by atoms with Crippen molar-refractivity contribution >= 4 is 5.91 Å². The average Bonchev–Trinajstić information content (AvgIpc) is 3.33. The lowest BCUT2D eigenvalue weighted by Gasteiger charge is -2.33. The molecular formula is C27H34N4O3. The van der Waals surface area contributed by atoms with Crippen LogP contribution >= 0.6 is 0 Å². The number of ether oxygens (including phenoxy) is 2. The lowest BCUT2D eigenvalue weighted by molar-refractivity contribution is 0.0941. The molecule has 7 nitrogen and oxygen atoms in total. The molecule has 1 aliphatic rings. The van der Waals surface area contributed by atoms with E-state index in [9.17, 15) is 4.79 Å². The molecule has 1 N–H and O–H groups in total. The third-order valence-electron chi connectivity index (χ3n) is 6.47. The number of carbonyl (C=O) groups excluding carboxylic acids is 1. The topological polar surface area (TPSA) is 68.6 Å². The van der Waals surface area contributed by atoms with Crippen LogP contribution in [0.4, 0.5) is 0 Å². The van der Waals surface area contributed by atoms with Gasteiger partial charge in [0, 0.05) is 24.7 Å². The number of benzene rings is 2. The van der Waals surface area contributed by atoms with E-state index in [4.69, 9.17) is 14.6 Å². The number of amides is 1. The van der Waals surface area contributed by atoms with Crippen LogP contribution in [-0.2, 0) is 0 Å². The fourth-order valence-corrected chi connectivity index (χ4v) is 4.45. The molecule has 1 atom stereocenters. The maximum atomic E-state index is 13.2. The smallest absolute Gasteiger partial charge is 0.270 e. The highest BCUT2D eigenvalue weighted by molar-refractivity contribution is 5.94. The van der Waals surface area contributed by atoms with Crippen LogP contribution in [0, 0.1) is 0 Å². The minimum absolute atomic E-state index is 0.135. The van der Waals surface area contributed by atoms with Gasteiger partial charge in [0.2, 0.25) is 0 Å². The van der Waals surface area contributed by atoms with Gasteiger partial charge in [-0.2, -0.15) is 5.10 Å². The normalized spacial score (nSPS) is 16.3. The molecule has 1 aliphatic heterocycles. The van der Waals surface area contributed by atoms with E-state index < -0.39 is 0 Å². The van der Waals surface area contributed by atoms with Crippen LogP contribution in [0.3, 0.4) is 0 Å². The molecular weight excluding hydrogens is 428 g/mol. The molecule has 180 valence electrons. The van der Waals surface area contributed by atoms with E-state index in [-0.39, 0.29) is 5.91 Å². The predicted octanol–water partition coefficient (Wildman–Crippen LogP) is 4.55. The summed E-state index contributed by atoms with van der Waals surface area (Å²) in [7, 11) is 3.27. The number of nitrogens with zero attached hydrogens (tertiary/aromatic N) is 3. The zero-order valence-corrected chi connectivity index (χ0v) is 20.3. The second kappa shape index (κ2) is 11.2. The first kappa shape index (κ1) is 23.8. The van der Waals surface area contributed by atoms with Gasteiger partial charge in [0.15, 0.2) is 0 Å². The van der Waals surface area contributed by atoms with Crippen LogP contribution in [-0.4, -0.2) is 60.5 Å². The van der Waals surface area contributed by atoms with Gasteiger partial charge >= 0.3 is 0 Å². The van der Waals surface area contributed by atoms with Crippen LogP contribution in [0.2, 0.25) is 0 Å². The van der Waals surface area contributed by atoms with Crippen molar-refractivity contribution in [1.29, 1.82) is 0 Å². The summed E-state index contributed by atoms with van der Waals surface area (Å²) in [4.78, 5) is 15.7. The highest BCUT2D eigenvalue weighted by atomic mass is 16.5. The van der Waals surface area contributed by atoms with Gasteiger partial charge in [0.1, 0.15) is 17.2 Å². The molecule has 4 rings (SSSR count). The summed E-state index contributed by atoms with van der Waals surface area (Å²) in [6, 6.07) is 17.7. The van der Waals surface area contributed by atoms with E-state index in [2.05, 4.69) is 17.1 Å². The number of hydrogen-bond donors (Lipinski definition) is 1. The Kier molecular flexibility index (Phi) is 7.85. The quantitative estimate of drug-likeness (QED) is 0.473. The van der Waals surface area contributed by atoms with Gasteiger partial charge in [0.25, 0.3) is 5.91 Å². The maximum Gasteiger partial charge on any atom is 0.270 e. The molecule has 0 radical (unpaired) electrons. The van der Waals surface area contributed by atoms with E-state index in [0.29, 0.717) is 24.0 Å². The number of rotatable bonds is 9. The first-order chi connectivity index (χ1) is 16.6. The lowest BCUT2D eigenvalue weighted by atomic mass is 10.0. The second-order valence-corrected chi connectivity index (χ2v) is 8.75. The minimum atomic E-state index is -0.135. The Morgan fingerprint density at radius 3 is 2.59 bits per heavy atom. The first-order valence-corrected chi connectivity index (χ1v) is 12.0. The molecule has 1 unspecified atom stereocenters. The molecule has 0 aliphatic carbocycles. The summed E-state index contributed by atoms with van der Waals surface area (Å²) in [5, 5.41) is 7.86. The summed E-state index contributed by atoms with van der Waals surface area (Å²) in [6.45, 7) is 5.09. The van der Waals surface area contributed by atoms with E-state index in [0.717, 1.165) is 42.3 Å². The van der Waals surface area contributed by atoms with Gasteiger partial charge in [-0.3, -0.25) is 4.79 Å². The third-order valence-corrected chi connectivity index (χ3v) is 6.47. The number of methoxy groups -OCH3 is 2. The van der Waals surface area contributed by atoms with Crippen molar-refractivity contribution in [2.75, 3.05) is 33.9 Å². The monoisotopic (exact) mass is 462 g/mol. The van der Waals surface area contributed by atoms with Gasteiger partial charge in [-0.15, -0.1) is 0 Å². The zero-order valence-electron chi connectivity index (χ0n) is 20.3. The highest BCUT2D eigenvalue weighted by Crippen LogP contribution is 2.26. The predicted molar refractivity (Wildman–Crippen MR) is 134 cm³/mol. The van der Waals surface area contributed by atoms with Gasteiger partial charge in [-0.05, 0) is 75.2 Å². The van der Waals surface area contributed by atoms with Crippen LogP contribution in [0.15, 0.2) is 54.6 Å². The van der Waals surface area contributed by atoms with E-state index in [1.807, 2.05) is 54.6 Å². The Labute approximate surface area is 201 Å². The number of carbonyl (C=O) groups is 1. The Morgan fingerprint density at radius 1 is 1.06 bits per heavy atom. The van der Waals surface area contributed by atoms with E-state index >= 15 is 0 Å². The fourth-order valence-electron chi connectivity index (χ4n) is 4.45. The average molecular weight is 463 g/mol. The van der Waals surface area contributed by atoms with Crippen molar-refractivity contribution in [3.63, 3.8) is 0 Å². The molecule has 1 aromatic heterocycles. The zero-order chi connectivity index (χ0) is 23.9. The first-order valence-electron chi connectivity index (χ1n) is 12.0. The van der Waals surface area contributed by atoms with Crippen LogP contribution < -0.4 is 14.8 Å². The van der Waals surface area contributed by atoms with Crippen molar-refractivity contribution in [2.24, 2.45) is 0 Å². The van der Waals surface area contributed by atoms with E-state index in [1.54, 1.807) is 18.9 Å². The van der Waals surface area contributed by atoms with Gasteiger partial charge in [-0.1, -0.05) is 18.6 Å². The van der Waals surface area contributed by atoms with Crippen LogP contribution in [0.25, 0.3) is 16.9 Å². The molecule has 2 aromatic carbocycles.